The number of carbonyl (C=O) groups excluding carboxylic acids is 1. The van der Waals surface area contributed by atoms with Gasteiger partial charge in [0, 0.05) is 12.1 Å². The van der Waals surface area contributed by atoms with Gasteiger partial charge in [-0.2, -0.15) is 0 Å². The zero-order valence-corrected chi connectivity index (χ0v) is 9.29. The Hall–Kier alpha value is -1.22. The molecule has 2 N–H and O–H groups in total. The minimum absolute atomic E-state index is 0. The first kappa shape index (κ1) is 11.9. The van der Waals surface area contributed by atoms with E-state index in [1.54, 1.807) is 0 Å². The quantitative estimate of drug-likeness (QED) is 0.591. The van der Waals surface area contributed by atoms with Gasteiger partial charge in [-0.05, 0) is 24.6 Å². The van der Waals surface area contributed by atoms with Crippen LogP contribution in [0.3, 0.4) is 0 Å². The fourth-order valence-corrected chi connectivity index (χ4v) is 1.76. The third-order valence-electron chi connectivity index (χ3n) is 2.51. The fraction of sp³-hybridized carbons (Fsp3) is 0.364. The minimum atomic E-state index is -0.123. The maximum Gasteiger partial charge on any atom is 0.313 e. The maximum atomic E-state index is 11.4. The van der Waals surface area contributed by atoms with Crippen LogP contribution in [-0.4, -0.2) is 12.1 Å². The molecule has 82 valence electrons. The van der Waals surface area contributed by atoms with Gasteiger partial charge >= 0.3 is 5.97 Å². The predicted molar refractivity (Wildman–Crippen MR) is 61.0 cm³/mol. The highest BCUT2D eigenvalue weighted by Crippen LogP contribution is 2.30. The molecule has 1 fully saturated rings. The molecule has 2 unspecified atom stereocenters. The monoisotopic (exact) mass is 227 g/mol. The van der Waals surface area contributed by atoms with Gasteiger partial charge in [-0.3, -0.25) is 4.79 Å². The van der Waals surface area contributed by atoms with Crippen molar-refractivity contribution in [3.63, 3.8) is 0 Å². The van der Waals surface area contributed by atoms with Gasteiger partial charge in [-0.25, -0.2) is 0 Å². The van der Waals surface area contributed by atoms with Crippen LogP contribution in [0, 0.1) is 0 Å². The molecule has 1 aromatic rings. The van der Waals surface area contributed by atoms with Crippen LogP contribution in [0.1, 0.15) is 24.8 Å². The molecular weight excluding hydrogens is 214 g/mol. The lowest BCUT2D eigenvalue weighted by Gasteiger charge is -2.05. The largest absolute Gasteiger partial charge is 0.462 e. The van der Waals surface area contributed by atoms with Crippen molar-refractivity contribution in [3.05, 3.63) is 29.8 Å². The summed E-state index contributed by atoms with van der Waals surface area (Å²) in [6.07, 6.45) is 0.799. The van der Waals surface area contributed by atoms with E-state index in [0.29, 0.717) is 5.69 Å². The molecule has 1 aromatic carbocycles. The number of halogens is 1. The molecule has 2 atom stereocenters. The average molecular weight is 228 g/mol. The van der Waals surface area contributed by atoms with E-state index in [4.69, 9.17) is 10.5 Å². The van der Waals surface area contributed by atoms with Crippen molar-refractivity contribution in [1.29, 1.82) is 0 Å². The highest BCUT2D eigenvalue weighted by atomic mass is 35.5. The van der Waals surface area contributed by atoms with Crippen molar-refractivity contribution < 1.29 is 9.53 Å². The number of benzene rings is 1. The normalized spacial score (nSPS) is 24.5. The number of rotatable bonds is 1. The highest BCUT2D eigenvalue weighted by Gasteiger charge is 2.32. The Balaban J connectivity index is 0.00000112. The summed E-state index contributed by atoms with van der Waals surface area (Å²) in [7, 11) is 0. The van der Waals surface area contributed by atoms with Crippen LogP contribution >= 0.6 is 12.4 Å². The molecule has 0 aliphatic carbocycles. The average Bonchev–Trinajstić information content (AvgIpc) is 2.47. The number of hydrogen-bond donors (Lipinski definition) is 1. The van der Waals surface area contributed by atoms with E-state index in [1.165, 1.54) is 0 Å². The molecule has 3 nitrogen and oxygen atoms in total. The van der Waals surface area contributed by atoms with Crippen LogP contribution in [0.4, 0.5) is 5.69 Å². The number of hydrogen-bond acceptors (Lipinski definition) is 3. The molecule has 1 aliphatic rings. The first-order valence-corrected chi connectivity index (χ1v) is 4.73. The third kappa shape index (κ3) is 2.42. The molecule has 4 heteroatoms. The first-order valence-electron chi connectivity index (χ1n) is 4.73. The summed E-state index contributed by atoms with van der Waals surface area (Å²) in [4.78, 5) is 11.4. The van der Waals surface area contributed by atoms with Crippen LogP contribution in [0.15, 0.2) is 24.3 Å². The Morgan fingerprint density at radius 2 is 1.93 bits per heavy atom. The third-order valence-corrected chi connectivity index (χ3v) is 2.51. The van der Waals surface area contributed by atoms with E-state index >= 15 is 0 Å². The zero-order chi connectivity index (χ0) is 10.1. The first-order chi connectivity index (χ1) is 6.66. The number of nitrogens with two attached hydrogens (primary N) is 1. The second-order valence-corrected chi connectivity index (χ2v) is 3.70. The summed E-state index contributed by atoms with van der Waals surface area (Å²) in [5.41, 5.74) is 7.28. The van der Waals surface area contributed by atoms with E-state index in [2.05, 4.69) is 0 Å². The van der Waals surface area contributed by atoms with Gasteiger partial charge in [0.15, 0.2) is 0 Å². The van der Waals surface area contributed by atoms with E-state index < -0.39 is 0 Å². The van der Waals surface area contributed by atoms with Gasteiger partial charge in [-0.1, -0.05) is 12.1 Å². The van der Waals surface area contributed by atoms with Crippen molar-refractivity contribution in [2.75, 3.05) is 5.73 Å². The molecule has 15 heavy (non-hydrogen) atoms. The number of carbonyl (C=O) groups is 1. The molecule has 0 amide bonds. The number of nitrogen functional groups attached to an aromatic ring is 1. The predicted octanol–water partition coefficient (Wildman–Crippen LogP) is 2.11. The fourth-order valence-electron chi connectivity index (χ4n) is 1.76. The molecule has 0 saturated carbocycles. The molecule has 2 rings (SSSR count). The molecule has 1 aliphatic heterocycles. The lowest BCUT2D eigenvalue weighted by Crippen LogP contribution is -2.05. The standard InChI is InChI=1S/C11H13NO2.ClH/c1-7-6-10(11(13)14-7)8-2-4-9(12)5-3-8;/h2-5,7,10H,6,12H2,1H3;1H. The van der Waals surface area contributed by atoms with Crippen LogP contribution < -0.4 is 5.73 Å². The van der Waals surface area contributed by atoms with Crippen LogP contribution in [0.25, 0.3) is 0 Å². The minimum Gasteiger partial charge on any atom is -0.462 e. The number of ether oxygens (including phenoxy) is 1. The second kappa shape index (κ2) is 4.53. The summed E-state index contributed by atoms with van der Waals surface area (Å²) in [6, 6.07) is 7.40. The Bertz CT molecular complexity index is 350. The van der Waals surface area contributed by atoms with Crippen molar-refractivity contribution in [2.45, 2.75) is 25.4 Å². The molecule has 1 heterocycles. The Morgan fingerprint density at radius 3 is 2.40 bits per heavy atom. The zero-order valence-electron chi connectivity index (χ0n) is 8.47. The lowest BCUT2D eigenvalue weighted by atomic mass is 9.96. The van der Waals surface area contributed by atoms with E-state index in [9.17, 15) is 4.79 Å². The van der Waals surface area contributed by atoms with Crippen LogP contribution in [-0.2, 0) is 9.53 Å². The van der Waals surface area contributed by atoms with Gasteiger partial charge in [0.2, 0.25) is 0 Å². The number of anilines is 1. The van der Waals surface area contributed by atoms with Gasteiger partial charge < -0.3 is 10.5 Å². The second-order valence-electron chi connectivity index (χ2n) is 3.70. The summed E-state index contributed by atoms with van der Waals surface area (Å²) < 4.78 is 5.09. The summed E-state index contributed by atoms with van der Waals surface area (Å²) in [5.74, 6) is -0.229. The summed E-state index contributed by atoms with van der Waals surface area (Å²) in [6.45, 7) is 1.91. The number of esters is 1. The molecular formula is C11H14ClNO2. The van der Waals surface area contributed by atoms with Crippen LogP contribution in [0.5, 0.6) is 0 Å². The topological polar surface area (TPSA) is 52.3 Å². The number of cyclic esters (lactones) is 1. The van der Waals surface area contributed by atoms with E-state index in [1.807, 2.05) is 31.2 Å². The van der Waals surface area contributed by atoms with E-state index in [-0.39, 0.29) is 30.4 Å². The van der Waals surface area contributed by atoms with Gasteiger partial charge in [-0.15, -0.1) is 12.4 Å². The Kier molecular flexibility index (Phi) is 3.58. The van der Waals surface area contributed by atoms with Crippen molar-refractivity contribution in [1.82, 2.24) is 0 Å². The lowest BCUT2D eigenvalue weighted by molar-refractivity contribution is -0.141. The van der Waals surface area contributed by atoms with Crippen LogP contribution in [0.2, 0.25) is 0 Å². The SMILES string of the molecule is CC1CC(c2ccc(N)cc2)C(=O)O1.Cl. The van der Waals surface area contributed by atoms with Gasteiger partial charge in [0.1, 0.15) is 6.10 Å². The maximum absolute atomic E-state index is 11.4. The van der Waals surface area contributed by atoms with Gasteiger partial charge in [0.25, 0.3) is 0 Å². The molecule has 0 aromatic heterocycles. The summed E-state index contributed by atoms with van der Waals surface area (Å²) in [5, 5.41) is 0. The summed E-state index contributed by atoms with van der Waals surface area (Å²) >= 11 is 0. The van der Waals surface area contributed by atoms with E-state index in [0.717, 1.165) is 12.0 Å². The molecule has 0 spiro atoms. The van der Waals surface area contributed by atoms with Crippen molar-refractivity contribution in [2.24, 2.45) is 0 Å². The molecule has 0 bridgehead atoms. The molecule has 1 saturated heterocycles. The molecule has 0 radical (unpaired) electrons. The smallest absolute Gasteiger partial charge is 0.313 e. The highest BCUT2D eigenvalue weighted by molar-refractivity contribution is 5.85. The van der Waals surface area contributed by atoms with Crippen molar-refractivity contribution >= 4 is 24.1 Å². The van der Waals surface area contributed by atoms with Crippen molar-refractivity contribution in [3.8, 4) is 0 Å². The Labute approximate surface area is 95.0 Å². The Morgan fingerprint density at radius 1 is 1.33 bits per heavy atom. The van der Waals surface area contributed by atoms with Gasteiger partial charge in [0.05, 0.1) is 5.92 Å².